The minimum atomic E-state index is -0.484. The first-order chi connectivity index (χ1) is 15.0. The Hall–Kier alpha value is -3.97. The van der Waals surface area contributed by atoms with E-state index < -0.39 is 11.5 Å². The first kappa shape index (κ1) is 19.0. The van der Waals surface area contributed by atoms with Gasteiger partial charge in [-0.2, -0.15) is 5.10 Å². The van der Waals surface area contributed by atoms with Gasteiger partial charge in [-0.3, -0.25) is 15.0 Å². The van der Waals surface area contributed by atoms with Gasteiger partial charge < -0.3 is 0 Å². The number of carbonyl (C=O) groups excluding carboxylic acids is 1. The Morgan fingerprint density at radius 3 is 2.55 bits per heavy atom. The molecule has 8 heteroatoms. The number of fused-ring (bicyclic) bond motifs is 3. The molecular formula is C23H16ClN5O2. The molecular weight excluding hydrogens is 414 g/mol. The molecule has 5 rings (SSSR count). The molecule has 1 N–H and O–H groups in total. The molecule has 0 unspecified atom stereocenters. The number of pyridine rings is 1. The Morgan fingerprint density at radius 1 is 1.03 bits per heavy atom. The Balaban J connectivity index is 1.62. The number of nitrogens with zero attached hydrogens (tertiary/aromatic N) is 4. The van der Waals surface area contributed by atoms with Crippen LogP contribution in [0.15, 0.2) is 77.9 Å². The number of benzene rings is 2. The third-order valence-corrected chi connectivity index (χ3v) is 5.42. The quantitative estimate of drug-likeness (QED) is 0.469. The van der Waals surface area contributed by atoms with E-state index in [1.807, 2.05) is 37.3 Å². The number of carbonyl (C=O) groups is 1. The van der Waals surface area contributed by atoms with E-state index in [0.717, 1.165) is 21.5 Å². The molecule has 5 aromatic rings. The summed E-state index contributed by atoms with van der Waals surface area (Å²) >= 11 is 6.08. The smallest absolute Gasteiger partial charge is 0.267 e. The van der Waals surface area contributed by atoms with Gasteiger partial charge >= 0.3 is 0 Å². The summed E-state index contributed by atoms with van der Waals surface area (Å²) in [6, 6.07) is 18.2. The minimum absolute atomic E-state index is 0.278. The van der Waals surface area contributed by atoms with E-state index in [2.05, 4.69) is 15.5 Å². The molecule has 0 aliphatic heterocycles. The zero-order chi connectivity index (χ0) is 21.5. The van der Waals surface area contributed by atoms with Gasteiger partial charge in [0.1, 0.15) is 0 Å². The van der Waals surface area contributed by atoms with Gasteiger partial charge in [-0.25, -0.2) is 14.2 Å². The number of nitrogens with one attached hydrogen (secondary N) is 1. The van der Waals surface area contributed by atoms with Crippen LogP contribution in [0.1, 0.15) is 16.1 Å². The second-order valence-corrected chi connectivity index (χ2v) is 7.44. The molecule has 0 spiro atoms. The van der Waals surface area contributed by atoms with E-state index in [-0.39, 0.29) is 5.56 Å². The summed E-state index contributed by atoms with van der Waals surface area (Å²) in [5.41, 5.74) is 6.42. The van der Waals surface area contributed by atoms with Crippen molar-refractivity contribution in [2.24, 2.45) is 0 Å². The van der Waals surface area contributed by atoms with Crippen LogP contribution in [-0.4, -0.2) is 25.2 Å². The van der Waals surface area contributed by atoms with E-state index in [1.165, 1.54) is 12.4 Å². The summed E-state index contributed by atoms with van der Waals surface area (Å²) in [5.74, 6) is -0.484. The first-order valence-corrected chi connectivity index (χ1v) is 9.93. The SMILES string of the molecule is Cc1nn2c(ncc3c(=O)n(NC(=O)c4ccccc4Cl)ccc32)c1-c1ccccc1. The second-order valence-electron chi connectivity index (χ2n) is 7.03. The molecule has 31 heavy (non-hydrogen) atoms. The number of hydrogen-bond donors (Lipinski definition) is 1. The van der Waals surface area contributed by atoms with Crippen molar-refractivity contribution >= 4 is 34.1 Å². The predicted octanol–water partition coefficient (Wildman–Crippen LogP) is 4.06. The number of rotatable bonds is 3. The number of hydrogen-bond acceptors (Lipinski definition) is 4. The summed E-state index contributed by atoms with van der Waals surface area (Å²) in [6.07, 6.45) is 3.01. The maximum absolute atomic E-state index is 13.0. The molecule has 0 aliphatic rings. The number of halogens is 1. The average Bonchev–Trinajstić information content (AvgIpc) is 3.12. The molecule has 3 heterocycles. The summed E-state index contributed by atoms with van der Waals surface area (Å²) in [6.45, 7) is 1.91. The first-order valence-electron chi connectivity index (χ1n) is 9.55. The fourth-order valence-electron chi connectivity index (χ4n) is 3.62. The maximum Gasteiger partial charge on any atom is 0.280 e. The van der Waals surface area contributed by atoms with Crippen LogP contribution in [0.5, 0.6) is 0 Å². The van der Waals surface area contributed by atoms with Gasteiger partial charge in [-0.1, -0.05) is 54.1 Å². The van der Waals surface area contributed by atoms with Crippen LogP contribution >= 0.6 is 11.6 Å². The van der Waals surface area contributed by atoms with Crippen LogP contribution in [0.2, 0.25) is 5.02 Å². The lowest BCUT2D eigenvalue weighted by Crippen LogP contribution is -2.33. The molecule has 1 amide bonds. The van der Waals surface area contributed by atoms with Crippen LogP contribution < -0.4 is 11.0 Å². The molecule has 3 aromatic heterocycles. The van der Waals surface area contributed by atoms with Crippen LogP contribution in [0.3, 0.4) is 0 Å². The van der Waals surface area contributed by atoms with Crippen molar-refractivity contribution in [3.05, 3.63) is 99.7 Å². The Labute approximate surface area is 181 Å². The van der Waals surface area contributed by atoms with Gasteiger partial charge in [0.25, 0.3) is 11.5 Å². The van der Waals surface area contributed by atoms with Gasteiger partial charge in [-0.15, -0.1) is 0 Å². The fraction of sp³-hybridized carbons (Fsp3) is 0.0435. The van der Waals surface area contributed by atoms with Crippen LogP contribution in [0.4, 0.5) is 0 Å². The summed E-state index contributed by atoms with van der Waals surface area (Å²) < 4.78 is 2.78. The highest BCUT2D eigenvalue weighted by atomic mass is 35.5. The number of aryl methyl sites for hydroxylation is 1. The molecule has 0 atom stereocenters. The second kappa shape index (κ2) is 7.37. The van der Waals surface area contributed by atoms with Crippen molar-refractivity contribution in [2.75, 3.05) is 5.43 Å². The largest absolute Gasteiger partial charge is 0.280 e. The third-order valence-electron chi connectivity index (χ3n) is 5.09. The predicted molar refractivity (Wildman–Crippen MR) is 120 cm³/mol. The monoisotopic (exact) mass is 429 g/mol. The highest BCUT2D eigenvalue weighted by Gasteiger charge is 2.17. The van der Waals surface area contributed by atoms with Crippen molar-refractivity contribution in [2.45, 2.75) is 6.92 Å². The lowest BCUT2D eigenvalue weighted by atomic mass is 10.1. The van der Waals surface area contributed by atoms with Crippen molar-refractivity contribution in [3.8, 4) is 11.1 Å². The zero-order valence-electron chi connectivity index (χ0n) is 16.4. The van der Waals surface area contributed by atoms with Gasteiger partial charge in [0.05, 0.1) is 27.2 Å². The molecule has 2 aromatic carbocycles. The van der Waals surface area contributed by atoms with E-state index in [4.69, 9.17) is 11.6 Å². The third kappa shape index (κ3) is 3.15. The Bertz CT molecular complexity index is 1520. The van der Waals surface area contributed by atoms with Gasteiger partial charge in [0.15, 0.2) is 5.65 Å². The van der Waals surface area contributed by atoms with Crippen LogP contribution in [-0.2, 0) is 0 Å². The van der Waals surface area contributed by atoms with Crippen molar-refractivity contribution in [1.29, 1.82) is 0 Å². The normalized spacial score (nSPS) is 11.2. The molecule has 152 valence electrons. The summed E-state index contributed by atoms with van der Waals surface area (Å²) in [4.78, 5) is 30.1. The van der Waals surface area contributed by atoms with E-state index in [1.54, 1.807) is 34.8 Å². The Morgan fingerprint density at radius 2 is 1.77 bits per heavy atom. The zero-order valence-corrected chi connectivity index (χ0v) is 17.2. The number of amides is 1. The lowest BCUT2D eigenvalue weighted by Gasteiger charge is -2.10. The van der Waals surface area contributed by atoms with Crippen LogP contribution in [0, 0.1) is 6.92 Å². The maximum atomic E-state index is 13.0. The Kier molecular flexibility index (Phi) is 4.52. The van der Waals surface area contributed by atoms with E-state index in [0.29, 0.717) is 21.6 Å². The topological polar surface area (TPSA) is 81.3 Å². The molecule has 0 fully saturated rings. The molecule has 0 saturated heterocycles. The van der Waals surface area contributed by atoms with Gasteiger partial charge in [0.2, 0.25) is 0 Å². The summed E-state index contributed by atoms with van der Waals surface area (Å²) in [5, 5.41) is 5.24. The van der Waals surface area contributed by atoms with Gasteiger partial charge in [0, 0.05) is 18.0 Å². The minimum Gasteiger partial charge on any atom is -0.267 e. The van der Waals surface area contributed by atoms with Crippen molar-refractivity contribution in [3.63, 3.8) is 0 Å². The molecule has 0 radical (unpaired) electrons. The number of aromatic nitrogens is 4. The fourth-order valence-corrected chi connectivity index (χ4v) is 3.84. The van der Waals surface area contributed by atoms with E-state index >= 15 is 0 Å². The van der Waals surface area contributed by atoms with Crippen molar-refractivity contribution < 1.29 is 4.79 Å². The highest BCUT2D eigenvalue weighted by Crippen LogP contribution is 2.28. The van der Waals surface area contributed by atoms with Crippen molar-refractivity contribution in [1.82, 2.24) is 19.3 Å². The molecule has 7 nitrogen and oxygen atoms in total. The molecule has 0 aliphatic carbocycles. The lowest BCUT2D eigenvalue weighted by molar-refractivity contribution is 0.101. The molecule has 0 saturated carbocycles. The standard InChI is InChI=1S/C23H16ClN5O2/c1-14-20(15-7-3-2-4-8-15)21-25-13-17-19(29(21)26-14)11-12-28(23(17)31)27-22(30)16-9-5-6-10-18(16)24/h2-13H,1H3,(H,27,30). The average molecular weight is 430 g/mol. The van der Waals surface area contributed by atoms with Gasteiger partial charge in [-0.05, 0) is 30.7 Å². The summed E-state index contributed by atoms with van der Waals surface area (Å²) in [7, 11) is 0. The van der Waals surface area contributed by atoms with E-state index in [9.17, 15) is 9.59 Å². The van der Waals surface area contributed by atoms with Crippen LogP contribution in [0.25, 0.3) is 27.7 Å². The highest BCUT2D eigenvalue weighted by molar-refractivity contribution is 6.34. The molecule has 0 bridgehead atoms.